The van der Waals surface area contributed by atoms with Crippen molar-refractivity contribution >= 4 is 43.3 Å². The van der Waals surface area contributed by atoms with Crippen molar-refractivity contribution in [3.63, 3.8) is 0 Å². The highest BCUT2D eigenvalue weighted by molar-refractivity contribution is 7.88. The Kier molecular flexibility index (Phi) is 5.36. The van der Waals surface area contributed by atoms with E-state index >= 15 is 0 Å². The zero-order valence-corrected chi connectivity index (χ0v) is 16.7. The van der Waals surface area contributed by atoms with Gasteiger partial charge in [0.15, 0.2) is 5.69 Å². The Labute approximate surface area is 163 Å². The standard InChI is InChI=1S/C14H18N6O6S2/c1-3-15-11(22)9-7-18(4-5-19(9)28(2,25)26)14-17-20-8(12(23)24)6-10(21)16-13(20)27-14/h6,9H,3-5,7H2,1-2H3,(H,15,22)(H,23,24). The highest BCUT2D eigenvalue weighted by Gasteiger charge is 2.38. The second kappa shape index (κ2) is 7.44. The summed E-state index contributed by atoms with van der Waals surface area (Å²) in [5, 5.41) is 16.4. The van der Waals surface area contributed by atoms with Gasteiger partial charge in [-0.1, -0.05) is 11.3 Å². The SMILES string of the molecule is CCNC(=O)C1CN(c2nn3c(C(=O)O)cc(=O)nc3s2)CCN1S(C)(=O)=O. The first-order chi connectivity index (χ1) is 13.1. The van der Waals surface area contributed by atoms with Crippen molar-refractivity contribution in [1.29, 1.82) is 0 Å². The van der Waals surface area contributed by atoms with Crippen LogP contribution >= 0.6 is 11.3 Å². The molecule has 1 saturated heterocycles. The third-order valence-electron chi connectivity index (χ3n) is 4.14. The average Bonchev–Trinajstić information content (AvgIpc) is 3.03. The molecule has 1 fully saturated rings. The lowest BCUT2D eigenvalue weighted by molar-refractivity contribution is -0.124. The number of fused-ring (bicyclic) bond motifs is 1. The summed E-state index contributed by atoms with van der Waals surface area (Å²) in [4.78, 5) is 40.9. The first kappa shape index (κ1) is 20.2. The van der Waals surface area contributed by atoms with E-state index in [2.05, 4.69) is 15.4 Å². The van der Waals surface area contributed by atoms with E-state index in [1.807, 2.05) is 0 Å². The van der Waals surface area contributed by atoms with Crippen molar-refractivity contribution in [2.75, 3.05) is 37.3 Å². The van der Waals surface area contributed by atoms with Crippen LogP contribution in [0.15, 0.2) is 10.9 Å². The summed E-state index contributed by atoms with van der Waals surface area (Å²) in [5.74, 6) is -1.76. The molecule has 2 aromatic heterocycles. The number of rotatable bonds is 5. The molecular formula is C14H18N6O6S2. The number of aromatic nitrogens is 3. The maximum atomic E-state index is 12.4. The molecule has 2 aromatic rings. The lowest BCUT2D eigenvalue weighted by Gasteiger charge is -2.38. The fraction of sp³-hybridized carbons (Fsp3) is 0.500. The summed E-state index contributed by atoms with van der Waals surface area (Å²) in [6.45, 7) is 2.42. The Hall–Kier alpha value is -2.58. The number of carboxylic acid groups (broad SMARTS) is 1. The van der Waals surface area contributed by atoms with Crippen LogP contribution in [0.4, 0.5) is 5.13 Å². The molecule has 1 unspecified atom stereocenters. The fourth-order valence-electron chi connectivity index (χ4n) is 2.93. The minimum atomic E-state index is -3.60. The summed E-state index contributed by atoms with van der Waals surface area (Å²) in [5.41, 5.74) is -1.03. The van der Waals surface area contributed by atoms with Gasteiger partial charge in [0.1, 0.15) is 6.04 Å². The van der Waals surface area contributed by atoms with E-state index in [4.69, 9.17) is 0 Å². The number of sulfonamides is 1. The monoisotopic (exact) mass is 430 g/mol. The molecule has 12 nitrogen and oxygen atoms in total. The van der Waals surface area contributed by atoms with E-state index in [0.29, 0.717) is 11.7 Å². The van der Waals surface area contributed by atoms with E-state index in [-0.39, 0.29) is 30.3 Å². The zero-order valence-electron chi connectivity index (χ0n) is 15.0. The molecule has 3 rings (SSSR count). The first-order valence-corrected chi connectivity index (χ1v) is 10.9. The van der Waals surface area contributed by atoms with E-state index in [0.717, 1.165) is 32.5 Å². The summed E-state index contributed by atoms with van der Waals surface area (Å²) >= 11 is 0.989. The van der Waals surface area contributed by atoms with Gasteiger partial charge < -0.3 is 15.3 Å². The minimum absolute atomic E-state index is 0.0337. The van der Waals surface area contributed by atoms with Crippen molar-refractivity contribution in [2.24, 2.45) is 0 Å². The molecule has 1 atom stereocenters. The molecule has 0 aliphatic carbocycles. The zero-order chi connectivity index (χ0) is 20.6. The van der Waals surface area contributed by atoms with Crippen molar-refractivity contribution in [1.82, 2.24) is 24.2 Å². The van der Waals surface area contributed by atoms with Crippen LogP contribution in [0, 0.1) is 0 Å². The summed E-state index contributed by atoms with van der Waals surface area (Å²) < 4.78 is 26.3. The number of piperazine rings is 1. The molecule has 0 saturated carbocycles. The molecule has 1 amide bonds. The number of nitrogens with one attached hydrogen (secondary N) is 1. The van der Waals surface area contributed by atoms with Crippen LogP contribution in [0.5, 0.6) is 0 Å². The maximum Gasteiger partial charge on any atom is 0.354 e. The van der Waals surface area contributed by atoms with Gasteiger partial charge in [0.25, 0.3) is 5.56 Å². The second-order valence-electron chi connectivity index (χ2n) is 6.09. The van der Waals surface area contributed by atoms with Crippen LogP contribution < -0.4 is 15.8 Å². The molecule has 0 radical (unpaired) electrons. The lowest BCUT2D eigenvalue weighted by atomic mass is 10.2. The second-order valence-corrected chi connectivity index (χ2v) is 8.96. The number of carbonyl (C=O) groups is 2. The molecule has 28 heavy (non-hydrogen) atoms. The summed E-state index contributed by atoms with van der Waals surface area (Å²) in [7, 11) is -3.60. The summed E-state index contributed by atoms with van der Waals surface area (Å²) in [6.07, 6.45) is 1.04. The van der Waals surface area contributed by atoms with Gasteiger partial charge >= 0.3 is 5.97 Å². The Morgan fingerprint density at radius 3 is 2.71 bits per heavy atom. The third kappa shape index (κ3) is 3.83. The van der Waals surface area contributed by atoms with Crippen LogP contribution in [-0.2, 0) is 14.8 Å². The van der Waals surface area contributed by atoms with E-state index in [1.165, 1.54) is 0 Å². The average molecular weight is 430 g/mol. The number of anilines is 1. The van der Waals surface area contributed by atoms with Gasteiger partial charge in [-0.15, -0.1) is 5.10 Å². The topological polar surface area (TPSA) is 154 Å². The molecular weight excluding hydrogens is 412 g/mol. The highest BCUT2D eigenvalue weighted by Crippen LogP contribution is 2.26. The van der Waals surface area contributed by atoms with Gasteiger partial charge in [-0.25, -0.2) is 13.2 Å². The van der Waals surface area contributed by atoms with Crippen molar-refractivity contribution < 1.29 is 23.1 Å². The molecule has 3 heterocycles. The highest BCUT2D eigenvalue weighted by atomic mass is 32.2. The smallest absolute Gasteiger partial charge is 0.354 e. The minimum Gasteiger partial charge on any atom is -0.477 e. The lowest BCUT2D eigenvalue weighted by Crippen LogP contribution is -2.60. The third-order valence-corrected chi connectivity index (χ3v) is 6.40. The number of carbonyl (C=O) groups excluding carboxylic acids is 1. The van der Waals surface area contributed by atoms with Gasteiger partial charge in [-0.05, 0) is 6.92 Å². The molecule has 0 spiro atoms. The predicted molar refractivity (Wildman–Crippen MR) is 100 cm³/mol. The van der Waals surface area contributed by atoms with E-state index < -0.39 is 33.5 Å². The normalized spacial score (nSPS) is 18.4. The number of aromatic carboxylic acids is 1. The number of likely N-dealkylation sites (N-methyl/N-ethyl adjacent to an activating group) is 1. The van der Waals surface area contributed by atoms with Gasteiger partial charge in [-0.3, -0.25) is 9.59 Å². The van der Waals surface area contributed by atoms with Gasteiger partial charge in [-0.2, -0.15) is 13.8 Å². The molecule has 1 aliphatic heterocycles. The molecule has 2 N–H and O–H groups in total. The van der Waals surface area contributed by atoms with Crippen LogP contribution in [0.3, 0.4) is 0 Å². The van der Waals surface area contributed by atoms with Gasteiger partial charge in [0.2, 0.25) is 26.0 Å². The van der Waals surface area contributed by atoms with E-state index in [1.54, 1.807) is 11.8 Å². The molecule has 0 aromatic carbocycles. The fourth-order valence-corrected chi connectivity index (χ4v) is 4.91. The van der Waals surface area contributed by atoms with Crippen molar-refractivity contribution in [3.05, 3.63) is 22.1 Å². The maximum absolute atomic E-state index is 12.4. The van der Waals surface area contributed by atoms with Gasteiger partial charge in [0.05, 0.1) is 6.26 Å². The Morgan fingerprint density at radius 1 is 1.39 bits per heavy atom. The molecule has 152 valence electrons. The number of hydrogen-bond donors (Lipinski definition) is 2. The van der Waals surface area contributed by atoms with Gasteiger partial charge in [0, 0.05) is 32.2 Å². The number of amides is 1. The number of hydrogen-bond acceptors (Lipinski definition) is 9. The van der Waals surface area contributed by atoms with Crippen molar-refractivity contribution in [2.45, 2.75) is 13.0 Å². The summed E-state index contributed by atoms with van der Waals surface area (Å²) in [6, 6.07) is -0.0829. The predicted octanol–water partition coefficient (Wildman–Crippen LogP) is -1.56. The number of nitrogens with zero attached hydrogens (tertiary/aromatic N) is 5. The Morgan fingerprint density at radius 2 is 2.11 bits per heavy atom. The van der Waals surface area contributed by atoms with Crippen molar-refractivity contribution in [3.8, 4) is 0 Å². The van der Waals surface area contributed by atoms with E-state index in [9.17, 15) is 27.9 Å². The van der Waals surface area contributed by atoms with Crippen LogP contribution in [0.1, 0.15) is 17.4 Å². The molecule has 1 aliphatic rings. The molecule has 14 heteroatoms. The first-order valence-electron chi connectivity index (χ1n) is 8.25. The number of carboxylic acids is 1. The van der Waals surface area contributed by atoms with Crippen LogP contribution in [0.2, 0.25) is 0 Å². The largest absolute Gasteiger partial charge is 0.477 e. The Bertz CT molecular complexity index is 1090. The molecule has 0 bridgehead atoms. The Balaban J connectivity index is 1.98. The van der Waals surface area contributed by atoms with Crippen LogP contribution in [-0.4, -0.2) is 82.8 Å². The van der Waals surface area contributed by atoms with Crippen LogP contribution in [0.25, 0.3) is 4.96 Å². The quantitative estimate of drug-likeness (QED) is 0.573.